The molecule has 0 saturated heterocycles. The number of aryl methyl sites for hydroxylation is 3. The fourth-order valence-corrected chi connectivity index (χ4v) is 4.53. The first-order valence-corrected chi connectivity index (χ1v) is 11.5. The molecule has 0 aliphatic carbocycles. The Morgan fingerprint density at radius 1 is 1.06 bits per heavy atom. The smallest absolute Gasteiger partial charge is 0.263 e. The van der Waals surface area contributed by atoms with Crippen LogP contribution in [0, 0.1) is 27.7 Å². The van der Waals surface area contributed by atoms with Crippen molar-refractivity contribution in [2.45, 2.75) is 34.1 Å². The highest BCUT2D eigenvalue weighted by Gasteiger charge is 2.20. The van der Waals surface area contributed by atoms with E-state index in [0.29, 0.717) is 32.8 Å². The average molecular weight is 466 g/mol. The van der Waals surface area contributed by atoms with Gasteiger partial charge in [-0.3, -0.25) is 4.79 Å². The molecule has 32 heavy (non-hydrogen) atoms. The van der Waals surface area contributed by atoms with Gasteiger partial charge in [-0.1, -0.05) is 35.0 Å². The van der Waals surface area contributed by atoms with Gasteiger partial charge >= 0.3 is 0 Å². The summed E-state index contributed by atoms with van der Waals surface area (Å²) in [5, 5.41) is 13.1. The Bertz CT molecular complexity index is 1280. The molecule has 6 nitrogen and oxygen atoms in total. The van der Waals surface area contributed by atoms with Gasteiger partial charge in [0.25, 0.3) is 5.91 Å². The highest BCUT2D eigenvalue weighted by atomic mass is 35.5. The van der Waals surface area contributed by atoms with Gasteiger partial charge in [-0.25, -0.2) is 9.67 Å². The zero-order valence-corrected chi connectivity index (χ0v) is 20.0. The van der Waals surface area contributed by atoms with E-state index in [2.05, 4.69) is 46.6 Å². The van der Waals surface area contributed by atoms with E-state index in [0.717, 1.165) is 23.4 Å². The van der Waals surface area contributed by atoms with Crippen molar-refractivity contribution in [1.29, 1.82) is 0 Å². The molecule has 0 atom stereocenters. The molecule has 0 aliphatic rings. The third-order valence-electron chi connectivity index (χ3n) is 5.45. The quantitative estimate of drug-likeness (QED) is 0.422. The minimum atomic E-state index is -0.126. The van der Waals surface area contributed by atoms with E-state index in [1.165, 1.54) is 22.5 Å². The summed E-state index contributed by atoms with van der Waals surface area (Å²) in [4.78, 5) is 17.9. The fourth-order valence-electron chi connectivity index (χ4n) is 3.39. The maximum absolute atomic E-state index is 12.7. The van der Waals surface area contributed by atoms with Gasteiger partial charge in [0, 0.05) is 11.6 Å². The van der Waals surface area contributed by atoms with Crippen molar-refractivity contribution in [2.75, 3.05) is 6.54 Å². The highest BCUT2D eigenvalue weighted by Crippen LogP contribution is 2.29. The lowest BCUT2D eigenvalue weighted by molar-refractivity contribution is 0.0957. The minimum absolute atomic E-state index is 0.126. The van der Waals surface area contributed by atoms with E-state index < -0.39 is 0 Å². The number of nitrogens with zero attached hydrogens (tertiary/aromatic N) is 4. The highest BCUT2D eigenvalue weighted by molar-refractivity contribution is 7.17. The molecule has 0 bridgehead atoms. The number of amides is 1. The number of aromatic nitrogens is 4. The average Bonchev–Trinajstić information content (AvgIpc) is 3.34. The first-order chi connectivity index (χ1) is 15.3. The molecule has 0 saturated carbocycles. The van der Waals surface area contributed by atoms with E-state index in [9.17, 15) is 4.79 Å². The second-order valence-electron chi connectivity index (χ2n) is 7.77. The molecule has 2 heterocycles. The van der Waals surface area contributed by atoms with Crippen LogP contribution in [0.5, 0.6) is 0 Å². The predicted molar refractivity (Wildman–Crippen MR) is 129 cm³/mol. The van der Waals surface area contributed by atoms with Crippen LogP contribution in [0.4, 0.5) is 0 Å². The molecule has 0 fully saturated rings. The Morgan fingerprint density at radius 2 is 1.81 bits per heavy atom. The lowest BCUT2D eigenvalue weighted by Gasteiger charge is -2.06. The van der Waals surface area contributed by atoms with Crippen molar-refractivity contribution < 1.29 is 4.79 Å². The summed E-state index contributed by atoms with van der Waals surface area (Å²) in [6.07, 6.45) is 0.733. The first kappa shape index (κ1) is 22.2. The molecule has 2 aromatic heterocycles. The van der Waals surface area contributed by atoms with E-state index in [-0.39, 0.29) is 5.91 Å². The maximum Gasteiger partial charge on any atom is 0.263 e. The number of rotatable bonds is 6. The summed E-state index contributed by atoms with van der Waals surface area (Å²) in [5.41, 5.74) is 6.77. The van der Waals surface area contributed by atoms with Gasteiger partial charge in [-0.05, 0) is 75.1 Å². The van der Waals surface area contributed by atoms with E-state index >= 15 is 0 Å². The SMILES string of the molecule is Cc1ccc(-n2nnc(-c3nc(C)c(C(=O)NCCc4ccc(Cl)cc4)s3)c2C)cc1C. The van der Waals surface area contributed by atoms with Gasteiger partial charge in [0.2, 0.25) is 0 Å². The number of benzene rings is 2. The standard InChI is InChI=1S/C24H24ClN5OS/c1-14-5-10-20(13-15(14)2)30-17(4)21(28-29-30)24-27-16(3)22(32-24)23(31)26-12-11-18-6-8-19(25)9-7-18/h5-10,13H,11-12H2,1-4H3,(H,26,31). The van der Waals surface area contributed by atoms with Gasteiger partial charge < -0.3 is 5.32 Å². The molecule has 1 amide bonds. The molecule has 4 rings (SSSR count). The predicted octanol–water partition coefficient (Wildman–Crippen LogP) is 5.25. The number of carbonyl (C=O) groups excluding carboxylic acids is 1. The number of nitrogens with one attached hydrogen (secondary N) is 1. The summed E-state index contributed by atoms with van der Waals surface area (Å²) < 4.78 is 1.81. The van der Waals surface area contributed by atoms with Gasteiger partial charge in [0.05, 0.1) is 17.1 Å². The van der Waals surface area contributed by atoms with Crippen LogP contribution in [0.3, 0.4) is 0 Å². The molecule has 0 unspecified atom stereocenters. The summed E-state index contributed by atoms with van der Waals surface area (Å²) in [6, 6.07) is 13.8. The second kappa shape index (κ2) is 9.22. The normalized spacial score (nSPS) is 11.0. The number of halogens is 1. The number of carbonyl (C=O) groups is 1. The third kappa shape index (κ3) is 4.59. The molecule has 4 aromatic rings. The molecular weight excluding hydrogens is 442 g/mol. The molecule has 1 N–H and O–H groups in total. The van der Waals surface area contributed by atoms with Crippen LogP contribution < -0.4 is 5.32 Å². The summed E-state index contributed by atoms with van der Waals surface area (Å²) in [5.74, 6) is -0.126. The van der Waals surface area contributed by atoms with Crippen LogP contribution in [-0.2, 0) is 6.42 Å². The van der Waals surface area contributed by atoms with Gasteiger partial charge in [0.1, 0.15) is 15.6 Å². The van der Waals surface area contributed by atoms with Crippen molar-refractivity contribution in [3.63, 3.8) is 0 Å². The van der Waals surface area contributed by atoms with Crippen LogP contribution in [0.1, 0.15) is 37.7 Å². The Balaban J connectivity index is 1.49. The number of hydrogen-bond donors (Lipinski definition) is 1. The van der Waals surface area contributed by atoms with Gasteiger partial charge in [0.15, 0.2) is 0 Å². The van der Waals surface area contributed by atoms with Crippen molar-refractivity contribution >= 4 is 28.8 Å². The van der Waals surface area contributed by atoms with Crippen LogP contribution in [0.15, 0.2) is 42.5 Å². The van der Waals surface area contributed by atoms with Crippen molar-refractivity contribution in [3.05, 3.63) is 80.4 Å². The van der Waals surface area contributed by atoms with Crippen molar-refractivity contribution in [2.24, 2.45) is 0 Å². The molecular formula is C24H24ClN5OS. The van der Waals surface area contributed by atoms with Crippen LogP contribution in [0.25, 0.3) is 16.4 Å². The van der Waals surface area contributed by atoms with Gasteiger partial charge in [-0.15, -0.1) is 16.4 Å². The van der Waals surface area contributed by atoms with Crippen molar-refractivity contribution in [3.8, 4) is 16.4 Å². The monoisotopic (exact) mass is 465 g/mol. The minimum Gasteiger partial charge on any atom is -0.351 e. The fraction of sp³-hybridized carbons (Fsp3) is 0.250. The summed E-state index contributed by atoms with van der Waals surface area (Å²) in [6.45, 7) is 8.51. The largest absolute Gasteiger partial charge is 0.351 e. The molecule has 0 aliphatic heterocycles. The van der Waals surface area contributed by atoms with Crippen LogP contribution in [0.2, 0.25) is 5.02 Å². The van der Waals surface area contributed by atoms with E-state index in [1.807, 2.05) is 48.9 Å². The number of thiazole rings is 1. The third-order valence-corrected chi connectivity index (χ3v) is 6.86. The maximum atomic E-state index is 12.7. The first-order valence-electron chi connectivity index (χ1n) is 10.3. The van der Waals surface area contributed by atoms with Crippen molar-refractivity contribution in [1.82, 2.24) is 25.3 Å². The molecule has 0 spiro atoms. The topological polar surface area (TPSA) is 72.7 Å². The Labute approximate surface area is 196 Å². The summed E-state index contributed by atoms with van der Waals surface area (Å²) in [7, 11) is 0. The molecule has 164 valence electrons. The zero-order valence-electron chi connectivity index (χ0n) is 18.4. The lowest BCUT2D eigenvalue weighted by Crippen LogP contribution is -2.25. The summed E-state index contributed by atoms with van der Waals surface area (Å²) >= 11 is 7.26. The van der Waals surface area contributed by atoms with Crippen LogP contribution in [-0.4, -0.2) is 32.4 Å². The molecule has 0 radical (unpaired) electrons. The van der Waals surface area contributed by atoms with E-state index in [1.54, 1.807) is 0 Å². The molecule has 2 aromatic carbocycles. The Morgan fingerprint density at radius 3 is 2.53 bits per heavy atom. The Kier molecular flexibility index (Phi) is 6.39. The number of hydrogen-bond acceptors (Lipinski definition) is 5. The molecule has 8 heteroatoms. The van der Waals surface area contributed by atoms with E-state index in [4.69, 9.17) is 11.6 Å². The van der Waals surface area contributed by atoms with Gasteiger partial charge in [-0.2, -0.15) is 0 Å². The second-order valence-corrected chi connectivity index (χ2v) is 9.21. The lowest BCUT2D eigenvalue weighted by atomic mass is 10.1. The van der Waals surface area contributed by atoms with Crippen LogP contribution >= 0.6 is 22.9 Å². The zero-order chi connectivity index (χ0) is 22.8. The Hall–Kier alpha value is -3.03.